The molecule has 5 heteroatoms. The van der Waals surface area contributed by atoms with Crippen molar-refractivity contribution in [3.05, 3.63) is 41.5 Å². The number of hydrogen-bond donors (Lipinski definition) is 2. The highest BCUT2D eigenvalue weighted by molar-refractivity contribution is 5.93. The first-order valence-corrected chi connectivity index (χ1v) is 8.04. The molecular formula is C19H28N2O3. The van der Waals surface area contributed by atoms with Gasteiger partial charge in [0.2, 0.25) is 11.8 Å². The third-order valence-corrected chi connectivity index (χ3v) is 3.29. The number of amides is 2. The number of allylic oxidation sites excluding steroid dienone is 1. The van der Waals surface area contributed by atoms with Crippen LogP contribution in [0.1, 0.15) is 40.2 Å². The monoisotopic (exact) mass is 332 g/mol. The lowest BCUT2D eigenvalue weighted by Gasteiger charge is -2.23. The normalized spacial score (nSPS) is 13.2. The topological polar surface area (TPSA) is 67.4 Å². The maximum atomic E-state index is 12.1. The van der Waals surface area contributed by atoms with Crippen molar-refractivity contribution in [2.75, 3.05) is 7.11 Å². The maximum Gasteiger partial charge on any atom is 0.244 e. The van der Waals surface area contributed by atoms with Crippen molar-refractivity contribution in [3.8, 4) is 5.75 Å². The molecule has 0 heterocycles. The van der Waals surface area contributed by atoms with Crippen molar-refractivity contribution in [3.63, 3.8) is 0 Å². The molecule has 0 unspecified atom stereocenters. The second-order valence-corrected chi connectivity index (χ2v) is 6.95. The van der Waals surface area contributed by atoms with Gasteiger partial charge in [-0.25, -0.2) is 0 Å². The average molecular weight is 332 g/mol. The van der Waals surface area contributed by atoms with Gasteiger partial charge in [0.1, 0.15) is 11.8 Å². The van der Waals surface area contributed by atoms with Crippen LogP contribution in [0.5, 0.6) is 5.75 Å². The minimum Gasteiger partial charge on any atom is -0.496 e. The summed E-state index contributed by atoms with van der Waals surface area (Å²) in [5.41, 5.74) is 1.58. The first-order chi connectivity index (χ1) is 11.1. The molecule has 0 aliphatic carbocycles. The van der Waals surface area contributed by atoms with E-state index in [4.69, 9.17) is 4.74 Å². The Morgan fingerprint density at radius 2 is 1.88 bits per heavy atom. The van der Waals surface area contributed by atoms with E-state index in [1.165, 1.54) is 6.08 Å². The fraction of sp³-hybridized carbons (Fsp3) is 0.474. The molecule has 24 heavy (non-hydrogen) atoms. The number of carbonyl (C=O) groups excluding carboxylic acids is 2. The van der Waals surface area contributed by atoms with Crippen LogP contribution in [-0.2, 0) is 16.0 Å². The second kappa shape index (κ2) is 8.52. The number of benzene rings is 1. The van der Waals surface area contributed by atoms with Gasteiger partial charge in [0, 0.05) is 11.6 Å². The number of ether oxygens (including phenoxy) is 1. The van der Waals surface area contributed by atoms with Crippen LogP contribution in [0.3, 0.4) is 0 Å². The van der Waals surface area contributed by atoms with Crippen LogP contribution >= 0.6 is 0 Å². The van der Waals surface area contributed by atoms with Gasteiger partial charge in [0.25, 0.3) is 0 Å². The van der Waals surface area contributed by atoms with E-state index >= 15 is 0 Å². The zero-order valence-electron chi connectivity index (χ0n) is 15.4. The Labute approximate surface area is 144 Å². The van der Waals surface area contributed by atoms with Gasteiger partial charge >= 0.3 is 0 Å². The summed E-state index contributed by atoms with van der Waals surface area (Å²) >= 11 is 0. The zero-order chi connectivity index (χ0) is 18.3. The van der Waals surface area contributed by atoms with Crippen LogP contribution in [-0.4, -0.2) is 30.5 Å². The molecule has 2 N–H and O–H groups in total. The number of methoxy groups -OCH3 is 1. The van der Waals surface area contributed by atoms with Crippen molar-refractivity contribution in [2.45, 2.75) is 52.6 Å². The SMILES string of the molecule is COc1ccccc1C/C(C)=C/C(=O)N[C@@H](C)C(=O)NC(C)(C)C. The average Bonchev–Trinajstić information content (AvgIpc) is 2.45. The molecule has 1 aromatic rings. The Balaban J connectivity index is 2.65. The molecule has 0 aliphatic heterocycles. The summed E-state index contributed by atoms with van der Waals surface area (Å²) in [6.07, 6.45) is 2.13. The molecule has 0 saturated heterocycles. The summed E-state index contributed by atoms with van der Waals surface area (Å²) < 4.78 is 5.31. The first kappa shape index (κ1) is 19.7. The largest absolute Gasteiger partial charge is 0.496 e. The number of hydrogen-bond acceptors (Lipinski definition) is 3. The number of nitrogens with one attached hydrogen (secondary N) is 2. The highest BCUT2D eigenvalue weighted by Crippen LogP contribution is 2.20. The molecule has 0 radical (unpaired) electrons. The van der Waals surface area contributed by atoms with Crippen LogP contribution in [0.4, 0.5) is 0 Å². The molecule has 0 aliphatic rings. The van der Waals surface area contributed by atoms with Crippen molar-refractivity contribution in [2.24, 2.45) is 0 Å². The molecule has 1 atom stereocenters. The van der Waals surface area contributed by atoms with E-state index in [9.17, 15) is 9.59 Å². The van der Waals surface area contributed by atoms with Gasteiger partial charge in [-0.15, -0.1) is 0 Å². The van der Waals surface area contributed by atoms with E-state index in [1.807, 2.05) is 52.0 Å². The van der Waals surface area contributed by atoms with Gasteiger partial charge < -0.3 is 15.4 Å². The molecule has 0 bridgehead atoms. The Hall–Kier alpha value is -2.30. The van der Waals surface area contributed by atoms with Gasteiger partial charge in [-0.2, -0.15) is 0 Å². The summed E-state index contributed by atoms with van der Waals surface area (Å²) in [5, 5.41) is 5.53. The lowest BCUT2D eigenvalue weighted by atomic mass is 10.0. The molecule has 132 valence electrons. The quantitative estimate of drug-likeness (QED) is 0.787. The third-order valence-electron chi connectivity index (χ3n) is 3.29. The van der Waals surface area contributed by atoms with E-state index in [-0.39, 0.29) is 17.4 Å². The number of para-hydroxylation sites is 1. The lowest BCUT2D eigenvalue weighted by molar-refractivity contribution is -0.127. The van der Waals surface area contributed by atoms with E-state index in [2.05, 4.69) is 10.6 Å². The van der Waals surface area contributed by atoms with Crippen molar-refractivity contribution < 1.29 is 14.3 Å². The van der Waals surface area contributed by atoms with Crippen LogP contribution < -0.4 is 15.4 Å². The molecule has 2 amide bonds. The zero-order valence-corrected chi connectivity index (χ0v) is 15.4. The predicted molar refractivity (Wildman–Crippen MR) is 96.0 cm³/mol. The minimum atomic E-state index is -0.591. The van der Waals surface area contributed by atoms with Gasteiger partial charge in [-0.05, 0) is 52.7 Å². The number of rotatable bonds is 6. The Morgan fingerprint density at radius 1 is 1.25 bits per heavy atom. The number of carbonyl (C=O) groups is 2. The molecule has 1 aromatic carbocycles. The van der Waals surface area contributed by atoms with Gasteiger partial charge in [0.15, 0.2) is 0 Å². The van der Waals surface area contributed by atoms with Crippen molar-refractivity contribution >= 4 is 11.8 Å². The van der Waals surface area contributed by atoms with E-state index in [0.717, 1.165) is 16.9 Å². The predicted octanol–water partition coefficient (Wildman–Crippen LogP) is 2.60. The molecule has 1 rings (SSSR count). The van der Waals surface area contributed by atoms with Crippen LogP contribution in [0, 0.1) is 0 Å². The summed E-state index contributed by atoms with van der Waals surface area (Å²) in [4.78, 5) is 24.1. The standard InChI is InChI=1S/C19H28N2O3/c1-13(11-15-9-7-8-10-16(15)24-6)12-17(22)20-14(2)18(23)21-19(3,4)5/h7-10,12,14H,11H2,1-6H3,(H,20,22)(H,21,23)/b13-12+/t14-/m0/s1. The fourth-order valence-electron chi connectivity index (χ4n) is 2.22. The van der Waals surface area contributed by atoms with Gasteiger partial charge in [0.05, 0.1) is 7.11 Å². The summed E-state index contributed by atoms with van der Waals surface area (Å²) in [6, 6.07) is 7.11. The van der Waals surface area contributed by atoms with Gasteiger partial charge in [-0.3, -0.25) is 9.59 Å². The third kappa shape index (κ3) is 6.86. The minimum absolute atomic E-state index is 0.202. The van der Waals surface area contributed by atoms with Crippen LogP contribution in [0.25, 0.3) is 0 Å². The molecule has 0 aromatic heterocycles. The Bertz CT molecular complexity index is 615. The molecular weight excluding hydrogens is 304 g/mol. The highest BCUT2D eigenvalue weighted by atomic mass is 16.5. The van der Waals surface area contributed by atoms with Crippen LogP contribution in [0.2, 0.25) is 0 Å². The molecule has 0 fully saturated rings. The lowest BCUT2D eigenvalue weighted by Crippen LogP contribution is -2.50. The Kier molecular flexibility index (Phi) is 7.01. The van der Waals surface area contributed by atoms with Crippen molar-refractivity contribution in [1.29, 1.82) is 0 Å². The molecule has 5 nitrogen and oxygen atoms in total. The fourth-order valence-corrected chi connectivity index (χ4v) is 2.22. The van der Waals surface area contributed by atoms with E-state index in [0.29, 0.717) is 6.42 Å². The van der Waals surface area contributed by atoms with E-state index in [1.54, 1.807) is 14.0 Å². The maximum absolute atomic E-state index is 12.1. The smallest absolute Gasteiger partial charge is 0.244 e. The second-order valence-electron chi connectivity index (χ2n) is 6.95. The molecule has 0 spiro atoms. The Morgan fingerprint density at radius 3 is 2.46 bits per heavy atom. The van der Waals surface area contributed by atoms with Gasteiger partial charge in [-0.1, -0.05) is 23.8 Å². The summed E-state index contributed by atoms with van der Waals surface area (Å²) in [7, 11) is 1.63. The first-order valence-electron chi connectivity index (χ1n) is 8.04. The van der Waals surface area contributed by atoms with Crippen LogP contribution in [0.15, 0.2) is 35.9 Å². The summed E-state index contributed by atoms with van der Waals surface area (Å²) in [5.74, 6) is 0.314. The van der Waals surface area contributed by atoms with Crippen molar-refractivity contribution in [1.82, 2.24) is 10.6 Å². The summed E-state index contributed by atoms with van der Waals surface area (Å²) in [6.45, 7) is 9.25. The highest BCUT2D eigenvalue weighted by Gasteiger charge is 2.20. The van der Waals surface area contributed by atoms with E-state index < -0.39 is 6.04 Å². The molecule has 0 saturated carbocycles.